The van der Waals surface area contributed by atoms with Crippen molar-refractivity contribution in [1.82, 2.24) is 4.72 Å². The Kier molecular flexibility index (Phi) is 6.37. The molecule has 4 N–H and O–H groups in total. The van der Waals surface area contributed by atoms with E-state index in [2.05, 4.69) is 10.0 Å². The van der Waals surface area contributed by atoms with Crippen molar-refractivity contribution in [3.63, 3.8) is 0 Å². The minimum absolute atomic E-state index is 0.00783. The number of anilines is 1. The predicted octanol–water partition coefficient (Wildman–Crippen LogP) is 1.12. The number of hydrogen-bond donors (Lipinski definition) is 3. The molecule has 0 aromatic heterocycles. The summed E-state index contributed by atoms with van der Waals surface area (Å²) in [5.41, 5.74) is 1.69. The summed E-state index contributed by atoms with van der Waals surface area (Å²) >= 11 is 0. The van der Waals surface area contributed by atoms with Gasteiger partial charge in [-0.25, -0.2) is 26.7 Å². The Balaban J connectivity index is 2.11. The highest BCUT2D eigenvalue weighted by Crippen LogP contribution is 2.22. The molecule has 1 amide bonds. The fourth-order valence-corrected chi connectivity index (χ4v) is 4.19. The molecule has 0 bridgehead atoms. The predicted molar refractivity (Wildman–Crippen MR) is 102 cm³/mol. The molecule has 0 heterocycles. The Morgan fingerprint density at radius 1 is 1.04 bits per heavy atom. The summed E-state index contributed by atoms with van der Waals surface area (Å²) in [7, 11) is -7.61. The van der Waals surface area contributed by atoms with Crippen LogP contribution in [0.2, 0.25) is 0 Å². The largest absolute Gasteiger partial charge is 0.325 e. The van der Waals surface area contributed by atoms with E-state index in [0.717, 1.165) is 11.1 Å². The van der Waals surface area contributed by atoms with Crippen molar-refractivity contribution in [3.8, 4) is 0 Å². The molecule has 2 aromatic rings. The second kappa shape index (κ2) is 8.17. The van der Waals surface area contributed by atoms with Crippen LogP contribution >= 0.6 is 0 Å². The lowest BCUT2D eigenvalue weighted by atomic mass is 10.2. The third kappa shape index (κ3) is 5.86. The zero-order valence-electron chi connectivity index (χ0n) is 14.9. The molecule has 2 aromatic carbocycles. The lowest BCUT2D eigenvalue weighted by molar-refractivity contribution is -0.114. The van der Waals surface area contributed by atoms with Crippen LogP contribution in [0, 0.1) is 6.92 Å². The van der Waals surface area contributed by atoms with Gasteiger partial charge in [0.05, 0.1) is 10.6 Å². The number of hydrogen-bond acceptors (Lipinski definition) is 5. The van der Waals surface area contributed by atoms with Crippen molar-refractivity contribution in [2.45, 2.75) is 30.1 Å². The lowest BCUT2D eigenvalue weighted by Gasteiger charge is -2.13. The fraction of sp³-hybridized carbons (Fsp3) is 0.235. The van der Waals surface area contributed by atoms with Crippen molar-refractivity contribution < 1.29 is 21.6 Å². The SMILES string of the molecule is CC(=O)Nc1ccc(C)cc1S(=O)(=O)NCCc1ccc(S(N)(=O)=O)cc1. The normalized spacial score (nSPS) is 12.0. The Bertz CT molecular complexity index is 1050. The van der Waals surface area contributed by atoms with Gasteiger partial charge in [-0.05, 0) is 48.7 Å². The number of carbonyl (C=O) groups excluding carboxylic acids is 1. The average molecular weight is 412 g/mol. The molecular formula is C17H21N3O5S2. The minimum atomic E-state index is -3.84. The first-order valence-electron chi connectivity index (χ1n) is 7.99. The number of nitrogens with two attached hydrogens (primary N) is 1. The van der Waals surface area contributed by atoms with E-state index in [9.17, 15) is 21.6 Å². The molecule has 27 heavy (non-hydrogen) atoms. The molecule has 10 heteroatoms. The first-order chi connectivity index (χ1) is 12.5. The summed E-state index contributed by atoms with van der Waals surface area (Å²) in [5.74, 6) is -0.370. The number of carbonyl (C=O) groups is 1. The second-order valence-corrected chi connectivity index (χ2v) is 9.31. The van der Waals surface area contributed by atoms with Crippen molar-refractivity contribution >= 4 is 31.6 Å². The molecule has 146 valence electrons. The van der Waals surface area contributed by atoms with E-state index in [4.69, 9.17) is 5.14 Å². The van der Waals surface area contributed by atoms with Crippen LogP contribution in [0.5, 0.6) is 0 Å². The van der Waals surface area contributed by atoms with Crippen LogP contribution < -0.4 is 15.2 Å². The Morgan fingerprint density at radius 2 is 1.67 bits per heavy atom. The summed E-state index contributed by atoms with van der Waals surface area (Å²) in [5, 5.41) is 7.55. The van der Waals surface area contributed by atoms with E-state index in [1.165, 1.54) is 31.2 Å². The number of primary sulfonamides is 1. The number of amides is 1. The summed E-state index contributed by atoms with van der Waals surface area (Å²) in [4.78, 5) is 11.3. The highest BCUT2D eigenvalue weighted by atomic mass is 32.2. The lowest BCUT2D eigenvalue weighted by Crippen LogP contribution is -2.27. The van der Waals surface area contributed by atoms with Crippen LogP contribution in [-0.2, 0) is 31.3 Å². The maximum Gasteiger partial charge on any atom is 0.242 e. The van der Waals surface area contributed by atoms with Gasteiger partial charge in [0.25, 0.3) is 0 Å². The van der Waals surface area contributed by atoms with Crippen LogP contribution in [0.1, 0.15) is 18.1 Å². The highest BCUT2D eigenvalue weighted by Gasteiger charge is 2.19. The molecule has 0 saturated carbocycles. The van der Waals surface area contributed by atoms with E-state index in [-0.39, 0.29) is 27.9 Å². The standard InChI is InChI=1S/C17H21N3O5S2/c1-12-3-8-16(20-13(2)21)17(11-12)27(24,25)19-10-9-14-4-6-15(7-5-14)26(18,22)23/h3-8,11,19H,9-10H2,1-2H3,(H,20,21)(H2,18,22,23). The zero-order chi connectivity index (χ0) is 20.2. The van der Waals surface area contributed by atoms with Crippen molar-refractivity contribution in [2.75, 3.05) is 11.9 Å². The van der Waals surface area contributed by atoms with E-state index < -0.39 is 20.0 Å². The molecule has 8 nitrogen and oxygen atoms in total. The van der Waals surface area contributed by atoms with Crippen molar-refractivity contribution in [1.29, 1.82) is 0 Å². The first-order valence-corrected chi connectivity index (χ1v) is 11.0. The van der Waals surface area contributed by atoms with Crippen LogP contribution in [0.3, 0.4) is 0 Å². The zero-order valence-corrected chi connectivity index (χ0v) is 16.5. The molecule has 0 unspecified atom stereocenters. The fourth-order valence-electron chi connectivity index (χ4n) is 2.40. The molecule has 0 aliphatic heterocycles. The van der Waals surface area contributed by atoms with E-state index in [1.54, 1.807) is 25.1 Å². The Labute approximate surface area is 158 Å². The average Bonchev–Trinajstić information content (AvgIpc) is 2.55. The van der Waals surface area contributed by atoms with Crippen LogP contribution in [0.25, 0.3) is 0 Å². The number of benzene rings is 2. The summed E-state index contributed by atoms with van der Waals surface area (Å²) in [6.07, 6.45) is 0.353. The van der Waals surface area contributed by atoms with Crippen LogP contribution in [-0.4, -0.2) is 29.3 Å². The number of sulfonamides is 2. The molecule has 0 spiro atoms. The van der Waals surface area contributed by atoms with Crippen LogP contribution in [0.4, 0.5) is 5.69 Å². The number of aryl methyl sites for hydroxylation is 1. The molecular weight excluding hydrogens is 390 g/mol. The monoisotopic (exact) mass is 411 g/mol. The third-order valence-electron chi connectivity index (χ3n) is 3.69. The van der Waals surface area contributed by atoms with Crippen LogP contribution in [0.15, 0.2) is 52.3 Å². The molecule has 0 fully saturated rings. The van der Waals surface area contributed by atoms with Gasteiger partial charge in [-0.15, -0.1) is 0 Å². The third-order valence-corrected chi connectivity index (χ3v) is 6.13. The maximum atomic E-state index is 12.6. The van der Waals surface area contributed by atoms with Gasteiger partial charge in [-0.3, -0.25) is 4.79 Å². The van der Waals surface area contributed by atoms with Gasteiger partial charge in [0, 0.05) is 13.5 Å². The van der Waals surface area contributed by atoms with Gasteiger partial charge in [-0.1, -0.05) is 18.2 Å². The van der Waals surface area contributed by atoms with Gasteiger partial charge >= 0.3 is 0 Å². The summed E-state index contributed by atoms with van der Waals surface area (Å²) < 4.78 is 50.2. The molecule has 2 rings (SSSR count). The molecule has 0 aliphatic rings. The van der Waals surface area contributed by atoms with Crippen molar-refractivity contribution in [2.24, 2.45) is 5.14 Å². The van der Waals surface area contributed by atoms with Crippen molar-refractivity contribution in [3.05, 3.63) is 53.6 Å². The topological polar surface area (TPSA) is 135 Å². The highest BCUT2D eigenvalue weighted by molar-refractivity contribution is 7.89. The quantitative estimate of drug-likeness (QED) is 0.627. The van der Waals surface area contributed by atoms with Gasteiger partial charge in [0.1, 0.15) is 4.90 Å². The van der Waals surface area contributed by atoms with E-state index >= 15 is 0 Å². The Hall–Kier alpha value is -2.27. The molecule has 0 atom stereocenters. The van der Waals surface area contributed by atoms with E-state index in [1.807, 2.05) is 0 Å². The Morgan fingerprint density at radius 3 is 2.22 bits per heavy atom. The number of nitrogens with one attached hydrogen (secondary N) is 2. The van der Waals surface area contributed by atoms with Gasteiger partial charge in [0.15, 0.2) is 0 Å². The van der Waals surface area contributed by atoms with E-state index in [0.29, 0.717) is 6.42 Å². The van der Waals surface area contributed by atoms with Gasteiger partial charge in [0.2, 0.25) is 26.0 Å². The smallest absolute Gasteiger partial charge is 0.242 e. The molecule has 0 saturated heterocycles. The first kappa shape index (κ1) is 21.0. The molecule has 0 aliphatic carbocycles. The second-order valence-electron chi connectivity index (χ2n) is 6.02. The minimum Gasteiger partial charge on any atom is -0.325 e. The number of rotatable bonds is 7. The van der Waals surface area contributed by atoms with Gasteiger partial charge in [-0.2, -0.15) is 0 Å². The van der Waals surface area contributed by atoms with Gasteiger partial charge < -0.3 is 5.32 Å². The maximum absolute atomic E-state index is 12.6. The summed E-state index contributed by atoms with van der Waals surface area (Å²) in [6.45, 7) is 3.16. The molecule has 0 radical (unpaired) electrons. The summed E-state index contributed by atoms with van der Waals surface area (Å²) in [6, 6.07) is 10.6.